The zero-order valence-electron chi connectivity index (χ0n) is 23.0. The fourth-order valence-corrected chi connectivity index (χ4v) is 7.89. The largest absolute Gasteiger partial charge is 0.381 e. The summed E-state index contributed by atoms with van der Waals surface area (Å²) in [6.07, 6.45) is 8.65. The first-order chi connectivity index (χ1) is 19.2. The van der Waals surface area contributed by atoms with Gasteiger partial charge in [-0.15, -0.1) is 0 Å². The molecule has 2 atom stereocenters. The van der Waals surface area contributed by atoms with E-state index in [0.717, 1.165) is 74.8 Å². The second kappa shape index (κ2) is 10.8. The lowest BCUT2D eigenvalue weighted by atomic mass is 9.67. The van der Waals surface area contributed by atoms with Crippen molar-refractivity contribution >= 4 is 51.8 Å². The number of fused-ring (bicyclic) bond motifs is 1. The second-order valence-electron chi connectivity index (χ2n) is 11.8. The van der Waals surface area contributed by atoms with Gasteiger partial charge >= 0.3 is 0 Å². The molecule has 2 saturated heterocycles. The van der Waals surface area contributed by atoms with Gasteiger partial charge in [-0.2, -0.15) is 0 Å². The standard InChI is InChI=1S/C29H36ClN7OS2/c1-28(2,40(32)38)17-21-20-7-4-3-6-19(20)16-29(21)9-14-36(15-10-29)23-18-34-27(25(31)35-23)39-22-8-11-33-26(24(22)30)37-12-5-13-37/h3-4,6-8,11,18,21H,5,9-10,12-17,32H2,1-2H3,(H2,31,35)/t21-,40?/m1/s1. The summed E-state index contributed by atoms with van der Waals surface area (Å²) in [5, 5.41) is 7.19. The maximum Gasteiger partial charge on any atom is 0.158 e. The fraction of sp³-hybridized carbons (Fsp3) is 0.483. The maximum atomic E-state index is 12.4. The molecule has 2 aliphatic heterocycles. The van der Waals surface area contributed by atoms with Crippen molar-refractivity contribution in [3.63, 3.8) is 0 Å². The van der Waals surface area contributed by atoms with Crippen LogP contribution < -0.4 is 20.7 Å². The SMILES string of the molecule is CC(C)(C[C@@H]1c2ccccc2CC12CCN(c1cnc(Sc3ccnc(N4CCC4)c3Cl)c(N)n1)CC2)S(N)=O. The summed E-state index contributed by atoms with van der Waals surface area (Å²) in [7, 11) is -1.39. The monoisotopic (exact) mass is 597 g/mol. The van der Waals surface area contributed by atoms with Crippen molar-refractivity contribution < 1.29 is 4.21 Å². The summed E-state index contributed by atoms with van der Waals surface area (Å²) < 4.78 is 11.9. The number of piperidine rings is 1. The average molecular weight is 598 g/mol. The molecule has 3 aromatic rings. The van der Waals surface area contributed by atoms with E-state index in [4.69, 9.17) is 32.4 Å². The summed E-state index contributed by atoms with van der Waals surface area (Å²) >= 11 is 8.11. The normalized spacial score (nSPS) is 20.9. The van der Waals surface area contributed by atoms with E-state index in [1.165, 1.54) is 22.9 Å². The third-order valence-electron chi connectivity index (χ3n) is 8.98. The van der Waals surface area contributed by atoms with E-state index in [1.54, 1.807) is 6.20 Å². The van der Waals surface area contributed by atoms with Crippen molar-refractivity contribution in [2.24, 2.45) is 10.6 Å². The Hall–Kier alpha value is -2.40. The molecule has 4 N–H and O–H groups in total. The van der Waals surface area contributed by atoms with Gasteiger partial charge in [0.15, 0.2) is 5.82 Å². The molecule has 1 aliphatic carbocycles. The van der Waals surface area contributed by atoms with Gasteiger partial charge < -0.3 is 15.5 Å². The molecular formula is C29H36ClN7OS2. The van der Waals surface area contributed by atoms with E-state index >= 15 is 0 Å². The number of aromatic nitrogens is 3. The zero-order chi connectivity index (χ0) is 28.1. The van der Waals surface area contributed by atoms with Gasteiger partial charge in [0, 0.05) is 37.3 Å². The van der Waals surface area contributed by atoms with Crippen molar-refractivity contribution in [3.05, 3.63) is 58.9 Å². The number of halogens is 1. The molecule has 6 rings (SSSR count). The Kier molecular flexibility index (Phi) is 7.48. The molecule has 2 aromatic heterocycles. The first kappa shape index (κ1) is 27.8. The van der Waals surface area contributed by atoms with Gasteiger partial charge in [-0.05, 0) is 74.5 Å². The van der Waals surface area contributed by atoms with E-state index < -0.39 is 15.7 Å². The van der Waals surface area contributed by atoms with Crippen molar-refractivity contribution in [2.45, 2.75) is 66.5 Å². The van der Waals surface area contributed by atoms with E-state index in [2.05, 4.69) is 39.0 Å². The van der Waals surface area contributed by atoms with E-state index in [9.17, 15) is 4.21 Å². The molecule has 0 radical (unpaired) electrons. The zero-order valence-corrected chi connectivity index (χ0v) is 25.4. The minimum Gasteiger partial charge on any atom is -0.381 e. The van der Waals surface area contributed by atoms with Crippen LogP contribution in [0.3, 0.4) is 0 Å². The van der Waals surface area contributed by atoms with Crippen LogP contribution >= 0.6 is 23.4 Å². The van der Waals surface area contributed by atoms with Crippen molar-refractivity contribution in [2.75, 3.05) is 41.7 Å². The summed E-state index contributed by atoms with van der Waals surface area (Å²) in [6.45, 7) is 7.74. The van der Waals surface area contributed by atoms with E-state index in [0.29, 0.717) is 21.8 Å². The first-order valence-electron chi connectivity index (χ1n) is 13.9. The minimum absolute atomic E-state index is 0.123. The van der Waals surface area contributed by atoms with Crippen molar-refractivity contribution in [1.82, 2.24) is 15.0 Å². The Labute approximate surface area is 247 Å². The lowest BCUT2D eigenvalue weighted by Crippen LogP contribution is -2.45. The van der Waals surface area contributed by atoms with Crippen LogP contribution in [0.25, 0.3) is 0 Å². The number of rotatable bonds is 7. The molecule has 2 fully saturated rings. The number of nitrogens with zero attached hydrogens (tertiary/aromatic N) is 5. The first-order valence-corrected chi connectivity index (χ1v) is 16.3. The molecule has 0 amide bonds. The highest BCUT2D eigenvalue weighted by Gasteiger charge is 2.49. The van der Waals surface area contributed by atoms with Gasteiger partial charge in [0.25, 0.3) is 0 Å². The van der Waals surface area contributed by atoms with Crippen LogP contribution in [0.5, 0.6) is 0 Å². The second-order valence-corrected chi connectivity index (χ2v) is 15.0. The number of hydrogen-bond acceptors (Lipinski definition) is 8. The number of hydrogen-bond donors (Lipinski definition) is 2. The van der Waals surface area contributed by atoms with Gasteiger partial charge in [-0.25, -0.2) is 19.2 Å². The Morgan fingerprint density at radius 1 is 1.12 bits per heavy atom. The summed E-state index contributed by atoms with van der Waals surface area (Å²) in [5.41, 5.74) is 9.36. The van der Waals surface area contributed by atoms with Crippen LogP contribution in [0.2, 0.25) is 5.02 Å². The molecule has 212 valence electrons. The summed E-state index contributed by atoms with van der Waals surface area (Å²) in [6, 6.07) is 10.6. The molecule has 40 heavy (non-hydrogen) atoms. The van der Waals surface area contributed by atoms with Crippen LogP contribution in [-0.2, 0) is 17.4 Å². The molecule has 8 nitrogen and oxygen atoms in total. The highest BCUT2D eigenvalue weighted by atomic mass is 35.5. The molecular weight excluding hydrogens is 562 g/mol. The Morgan fingerprint density at radius 3 is 2.55 bits per heavy atom. The lowest BCUT2D eigenvalue weighted by molar-refractivity contribution is 0.170. The Morgan fingerprint density at radius 2 is 1.88 bits per heavy atom. The number of anilines is 3. The van der Waals surface area contributed by atoms with Gasteiger partial charge in [-0.3, -0.25) is 5.14 Å². The maximum absolute atomic E-state index is 12.4. The molecule has 0 saturated carbocycles. The highest BCUT2D eigenvalue weighted by molar-refractivity contribution is 7.99. The minimum atomic E-state index is -1.39. The quantitative estimate of drug-likeness (QED) is 0.383. The van der Waals surface area contributed by atoms with Crippen molar-refractivity contribution in [3.8, 4) is 0 Å². The van der Waals surface area contributed by atoms with E-state index in [1.807, 2.05) is 26.1 Å². The molecule has 0 bridgehead atoms. The Bertz CT molecular complexity index is 1440. The third kappa shape index (κ3) is 5.08. The van der Waals surface area contributed by atoms with Gasteiger partial charge in [-0.1, -0.05) is 47.6 Å². The van der Waals surface area contributed by atoms with Crippen LogP contribution in [0.1, 0.15) is 56.6 Å². The number of nitrogen functional groups attached to an aromatic ring is 1. The smallest absolute Gasteiger partial charge is 0.158 e. The number of pyridine rings is 1. The summed E-state index contributed by atoms with van der Waals surface area (Å²) in [5.74, 6) is 2.35. The van der Waals surface area contributed by atoms with Crippen LogP contribution in [0.15, 0.2) is 52.6 Å². The topological polar surface area (TPSA) is 114 Å². The number of benzene rings is 1. The predicted molar refractivity (Wildman–Crippen MR) is 164 cm³/mol. The molecule has 1 aromatic carbocycles. The highest BCUT2D eigenvalue weighted by Crippen LogP contribution is 2.56. The molecule has 3 aliphatic rings. The number of nitrogens with two attached hydrogens (primary N) is 2. The molecule has 11 heteroatoms. The molecule has 1 spiro atoms. The fourth-order valence-electron chi connectivity index (χ4n) is 6.43. The van der Waals surface area contributed by atoms with Crippen LogP contribution in [0.4, 0.5) is 17.5 Å². The van der Waals surface area contributed by atoms with Gasteiger partial charge in [0.2, 0.25) is 0 Å². The van der Waals surface area contributed by atoms with Crippen molar-refractivity contribution in [1.29, 1.82) is 0 Å². The van der Waals surface area contributed by atoms with Crippen LogP contribution in [-0.4, -0.2) is 50.1 Å². The molecule has 4 heterocycles. The Balaban J connectivity index is 1.17. The van der Waals surface area contributed by atoms with Crippen LogP contribution in [0, 0.1) is 5.41 Å². The van der Waals surface area contributed by atoms with Gasteiger partial charge in [0.05, 0.1) is 27.0 Å². The predicted octanol–water partition coefficient (Wildman–Crippen LogP) is 5.19. The van der Waals surface area contributed by atoms with E-state index in [-0.39, 0.29) is 5.41 Å². The average Bonchev–Trinajstić information content (AvgIpc) is 3.18. The lowest BCUT2D eigenvalue weighted by Gasteiger charge is -2.45. The third-order valence-corrected chi connectivity index (χ3v) is 11.8. The molecule has 1 unspecified atom stereocenters. The van der Waals surface area contributed by atoms with Gasteiger partial charge in [0.1, 0.15) is 16.7 Å². The summed E-state index contributed by atoms with van der Waals surface area (Å²) in [4.78, 5) is 19.3.